The second-order valence-corrected chi connectivity index (χ2v) is 8.65. The summed E-state index contributed by atoms with van der Waals surface area (Å²) in [6.07, 6.45) is 0. The molecule has 0 unspecified atom stereocenters. The van der Waals surface area contributed by atoms with Crippen LogP contribution >= 0.6 is 0 Å². The minimum atomic E-state index is -0.557. The van der Waals surface area contributed by atoms with Crippen molar-refractivity contribution in [2.45, 2.75) is 48.1 Å². The quantitative estimate of drug-likeness (QED) is 0.697. The van der Waals surface area contributed by atoms with Crippen molar-refractivity contribution in [3.8, 4) is 0 Å². The fourth-order valence-electron chi connectivity index (χ4n) is 3.43. The number of amides is 1. The fraction of sp³-hybridized carbons (Fsp3) is 0.333. The highest BCUT2D eigenvalue weighted by molar-refractivity contribution is 5.97. The van der Waals surface area contributed by atoms with E-state index in [0.29, 0.717) is 5.56 Å². The summed E-state index contributed by atoms with van der Waals surface area (Å²) < 4.78 is 0. The van der Waals surface area contributed by atoms with Crippen molar-refractivity contribution in [3.63, 3.8) is 0 Å². The minimum Gasteiger partial charge on any atom is -0.322 e. The summed E-state index contributed by atoms with van der Waals surface area (Å²) in [4.78, 5) is 30.7. The standard InChI is InChI=1S/C24H28N2O2/c1-15-8-10-21(17(3)11-15)26(23(28)24(4,5)6)14-19-13-18-9-7-16(2)12-20(18)25-22(19)27/h7-13H,14H2,1-6H3,(H,25,27). The third kappa shape index (κ3) is 4.01. The van der Waals surface area contributed by atoms with E-state index in [9.17, 15) is 9.59 Å². The summed E-state index contributed by atoms with van der Waals surface area (Å²) in [5.41, 5.74) is 4.77. The second-order valence-electron chi connectivity index (χ2n) is 8.65. The van der Waals surface area contributed by atoms with Gasteiger partial charge in [0.05, 0.1) is 6.54 Å². The first-order valence-corrected chi connectivity index (χ1v) is 9.58. The lowest BCUT2D eigenvalue weighted by molar-refractivity contribution is -0.125. The molecule has 1 aromatic heterocycles. The molecule has 146 valence electrons. The molecule has 1 amide bonds. The highest BCUT2D eigenvalue weighted by Crippen LogP contribution is 2.28. The van der Waals surface area contributed by atoms with E-state index in [1.54, 1.807) is 4.90 Å². The Labute approximate surface area is 166 Å². The molecule has 4 nitrogen and oxygen atoms in total. The lowest BCUT2D eigenvalue weighted by atomic mass is 9.93. The van der Waals surface area contributed by atoms with Crippen LogP contribution in [0.1, 0.15) is 43.0 Å². The predicted molar refractivity (Wildman–Crippen MR) is 116 cm³/mol. The molecule has 0 saturated heterocycles. The molecule has 0 aliphatic carbocycles. The van der Waals surface area contributed by atoms with E-state index in [0.717, 1.165) is 33.3 Å². The van der Waals surface area contributed by atoms with Crippen LogP contribution in [0.25, 0.3) is 10.9 Å². The average Bonchev–Trinajstić information content (AvgIpc) is 2.59. The lowest BCUT2D eigenvalue weighted by Gasteiger charge is -2.31. The van der Waals surface area contributed by atoms with Gasteiger partial charge in [-0.25, -0.2) is 0 Å². The van der Waals surface area contributed by atoms with E-state index >= 15 is 0 Å². The number of aromatic amines is 1. The molecule has 0 radical (unpaired) electrons. The van der Waals surface area contributed by atoms with Crippen molar-refractivity contribution in [1.29, 1.82) is 0 Å². The van der Waals surface area contributed by atoms with E-state index in [2.05, 4.69) is 11.1 Å². The first-order valence-electron chi connectivity index (χ1n) is 9.58. The van der Waals surface area contributed by atoms with Gasteiger partial charge >= 0.3 is 0 Å². The summed E-state index contributed by atoms with van der Waals surface area (Å²) in [7, 11) is 0. The number of hydrogen-bond acceptors (Lipinski definition) is 2. The van der Waals surface area contributed by atoms with Gasteiger partial charge in [0, 0.05) is 22.2 Å². The smallest absolute Gasteiger partial charge is 0.253 e. The number of H-pyrrole nitrogens is 1. The molecule has 4 heteroatoms. The van der Waals surface area contributed by atoms with Gasteiger partial charge in [-0.15, -0.1) is 0 Å². The van der Waals surface area contributed by atoms with E-state index < -0.39 is 5.41 Å². The van der Waals surface area contributed by atoms with Gasteiger partial charge in [-0.1, -0.05) is 50.6 Å². The number of carbonyl (C=O) groups is 1. The molecule has 1 heterocycles. The second kappa shape index (κ2) is 7.27. The maximum Gasteiger partial charge on any atom is 0.253 e. The maximum absolute atomic E-state index is 13.2. The van der Waals surface area contributed by atoms with Crippen molar-refractivity contribution in [3.05, 3.63) is 75.1 Å². The van der Waals surface area contributed by atoms with E-state index in [1.165, 1.54) is 0 Å². The number of fused-ring (bicyclic) bond motifs is 1. The number of nitrogens with zero attached hydrogens (tertiary/aromatic N) is 1. The van der Waals surface area contributed by atoms with Gasteiger partial charge in [0.25, 0.3) is 5.56 Å². The van der Waals surface area contributed by atoms with Crippen LogP contribution in [0.15, 0.2) is 47.3 Å². The Hall–Kier alpha value is -2.88. The number of rotatable bonds is 3. The molecule has 3 rings (SSSR count). The number of hydrogen-bond donors (Lipinski definition) is 1. The Balaban J connectivity index is 2.10. The average molecular weight is 377 g/mol. The largest absolute Gasteiger partial charge is 0.322 e. The fourth-order valence-corrected chi connectivity index (χ4v) is 3.43. The van der Waals surface area contributed by atoms with Crippen LogP contribution in [0.5, 0.6) is 0 Å². The lowest BCUT2D eigenvalue weighted by Crippen LogP contribution is -2.40. The summed E-state index contributed by atoms with van der Waals surface area (Å²) in [6, 6.07) is 13.9. The van der Waals surface area contributed by atoms with E-state index in [-0.39, 0.29) is 18.0 Å². The predicted octanol–water partition coefficient (Wildman–Crippen LogP) is 5.03. The van der Waals surface area contributed by atoms with Gasteiger partial charge in [-0.2, -0.15) is 0 Å². The van der Waals surface area contributed by atoms with Crippen LogP contribution in [-0.2, 0) is 11.3 Å². The van der Waals surface area contributed by atoms with Crippen molar-refractivity contribution in [2.75, 3.05) is 4.90 Å². The minimum absolute atomic E-state index is 0.0112. The zero-order chi connectivity index (χ0) is 20.6. The van der Waals surface area contributed by atoms with Crippen LogP contribution in [0.4, 0.5) is 5.69 Å². The number of aromatic nitrogens is 1. The normalized spacial score (nSPS) is 11.6. The molecular weight excluding hydrogens is 348 g/mol. The Morgan fingerprint density at radius 2 is 1.61 bits per heavy atom. The van der Waals surface area contributed by atoms with Gasteiger partial charge in [-0.3, -0.25) is 9.59 Å². The zero-order valence-corrected chi connectivity index (χ0v) is 17.5. The van der Waals surface area contributed by atoms with Gasteiger partial charge in [0.1, 0.15) is 0 Å². The number of pyridine rings is 1. The Morgan fingerprint density at radius 3 is 2.25 bits per heavy atom. The van der Waals surface area contributed by atoms with Crippen LogP contribution in [0, 0.1) is 26.2 Å². The van der Waals surface area contributed by atoms with Crippen LogP contribution < -0.4 is 10.5 Å². The van der Waals surface area contributed by atoms with Gasteiger partial charge in [-0.05, 0) is 55.5 Å². The Kier molecular flexibility index (Phi) is 5.16. The first-order chi connectivity index (χ1) is 13.1. The zero-order valence-electron chi connectivity index (χ0n) is 17.5. The molecule has 0 atom stereocenters. The molecule has 0 aliphatic rings. The summed E-state index contributed by atoms with van der Waals surface area (Å²) in [5.74, 6) is -0.0112. The first kappa shape index (κ1) is 19.9. The van der Waals surface area contributed by atoms with Crippen LogP contribution in [0.2, 0.25) is 0 Å². The molecular formula is C24H28N2O2. The summed E-state index contributed by atoms with van der Waals surface area (Å²) in [5, 5.41) is 0.962. The van der Waals surface area contributed by atoms with E-state index in [1.807, 2.05) is 77.9 Å². The summed E-state index contributed by atoms with van der Waals surface area (Å²) in [6.45, 7) is 12.0. The van der Waals surface area contributed by atoms with Crippen molar-refractivity contribution in [1.82, 2.24) is 4.98 Å². The molecule has 28 heavy (non-hydrogen) atoms. The number of nitrogens with one attached hydrogen (secondary N) is 1. The van der Waals surface area contributed by atoms with Crippen molar-refractivity contribution < 1.29 is 4.79 Å². The van der Waals surface area contributed by atoms with E-state index in [4.69, 9.17) is 0 Å². The van der Waals surface area contributed by atoms with Gasteiger partial charge in [0.2, 0.25) is 5.91 Å². The number of anilines is 1. The monoisotopic (exact) mass is 376 g/mol. The SMILES string of the molecule is Cc1ccc(N(Cc2cc3ccc(C)cc3[nH]c2=O)C(=O)C(C)(C)C)c(C)c1. The highest BCUT2D eigenvalue weighted by Gasteiger charge is 2.29. The number of benzene rings is 2. The van der Waals surface area contributed by atoms with Crippen LogP contribution in [-0.4, -0.2) is 10.9 Å². The molecule has 0 aliphatic heterocycles. The topological polar surface area (TPSA) is 53.2 Å². The molecule has 0 spiro atoms. The third-order valence-corrected chi connectivity index (χ3v) is 4.94. The highest BCUT2D eigenvalue weighted by atomic mass is 16.2. The van der Waals surface area contributed by atoms with Crippen LogP contribution in [0.3, 0.4) is 0 Å². The van der Waals surface area contributed by atoms with Crippen molar-refractivity contribution >= 4 is 22.5 Å². The molecule has 0 fully saturated rings. The third-order valence-electron chi connectivity index (χ3n) is 4.94. The molecule has 0 bridgehead atoms. The Morgan fingerprint density at radius 1 is 0.964 bits per heavy atom. The van der Waals surface area contributed by atoms with Gasteiger partial charge in [0.15, 0.2) is 0 Å². The van der Waals surface area contributed by atoms with Gasteiger partial charge < -0.3 is 9.88 Å². The summed E-state index contributed by atoms with van der Waals surface area (Å²) >= 11 is 0. The number of aryl methyl sites for hydroxylation is 3. The molecule has 0 saturated carbocycles. The molecule has 1 N–H and O–H groups in total. The maximum atomic E-state index is 13.2. The molecule has 2 aromatic carbocycles. The number of carbonyl (C=O) groups excluding carboxylic acids is 1. The van der Waals surface area contributed by atoms with Crippen molar-refractivity contribution in [2.24, 2.45) is 5.41 Å². The molecule has 3 aromatic rings. The Bertz CT molecular complexity index is 1100.